The monoisotopic (exact) mass is 240 g/mol. The van der Waals surface area contributed by atoms with Crippen molar-refractivity contribution in [3.63, 3.8) is 0 Å². The Bertz CT molecular complexity index is 515. The van der Waals surface area contributed by atoms with Gasteiger partial charge in [0.1, 0.15) is 11.5 Å². The molecule has 1 aliphatic carbocycles. The van der Waals surface area contributed by atoms with E-state index in [0.29, 0.717) is 12.2 Å². The Hall–Kier alpha value is -1.83. The van der Waals surface area contributed by atoms with Crippen LogP contribution in [0, 0.1) is 5.92 Å². The minimum atomic E-state index is 0.178. The summed E-state index contributed by atoms with van der Waals surface area (Å²) in [5, 5.41) is 0. The van der Waals surface area contributed by atoms with E-state index in [2.05, 4.69) is 24.3 Å². The van der Waals surface area contributed by atoms with Gasteiger partial charge >= 0.3 is 0 Å². The molecule has 0 radical (unpaired) electrons. The molecule has 92 valence electrons. The lowest BCUT2D eigenvalue weighted by Gasteiger charge is -2.06. The quantitative estimate of drug-likeness (QED) is 0.821. The molecule has 18 heavy (non-hydrogen) atoms. The number of hydrogen-bond donors (Lipinski definition) is 0. The molecule has 0 saturated heterocycles. The highest BCUT2D eigenvalue weighted by molar-refractivity contribution is 5.82. The van der Waals surface area contributed by atoms with Gasteiger partial charge in [0.15, 0.2) is 0 Å². The van der Waals surface area contributed by atoms with Crippen molar-refractivity contribution in [2.24, 2.45) is 5.92 Å². The summed E-state index contributed by atoms with van der Waals surface area (Å²) >= 11 is 0. The second kappa shape index (κ2) is 4.81. The van der Waals surface area contributed by atoms with Crippen molar-refractivity contribution in [3.05, 3.63) is 59.5 Å². The predicted octanol–water partition coefficient (Wildman–Crippen LogP) is 3.20. The van der Waals surface area contributed by atoms with Crippen LogP contribution >= 0.6 is 0 Å². The van der Waals surface area contributed by atoms with E-state index >= 15 is 0 Å². The standard InChI is InChI=1S/C16H16O2/c17-16(8-7-15-6-3-9-18-15)14-10-12-4-1-2-5-13(12)11-14/h1-6,9,14H,7-8,10-11H2. The smallest absolute Gasteiger partial charge is 0.137 e. The molecule has 1 aromatic carbocycles. The number of furan rings is 1. The zero-order chi connectivity index (χ0) is 12.4. The molecule has 1 aromatic heterocycles. The molecule has 0 fully saturated rings. The van der Waals surface area contributed by atoms with E-state index in [1.165, 1.54) is 11.1 Å². The number of carbonyl (C=O) groups excluding carboxylic acids is 1. The van der Waals surface area contributed by atoms with Gasteiger partial charge in [0.05, 0.1) is 6.26 Å². The van der Waals surface area contributed by atoms with Crippen LogP contribution in [0.5, 0.6) is 0 Å². The first-order valence-corrected chi connectivity index (χ1v) is 6.45. The van der Waals surface area contributed by atoms with E-state index in [4.69, 9.17) is 4.42 Å². The van der Waals surface area contributed by atoms with Crippen molar-refractivity contribution in [3.8, 4) is 0 Å². The Morgan fingerprint density at radius 2 is 1.83 bits per heavy atom. The molecular formula is C16H16O2. The summed E-state index contributed by atoms with van der Waals surface area (Å²) in [6, 6.07) is 12.2. The molecule has 3 rings (SSSR count). The molecule has 0 N–H and O–H groups in total. The lowest BCUT2D eigenvalue weighted by molar-refractivity contribution is -0.122. The molecule has 2 heteroatoms. The first kappa shape index (κ1) is 11.3. The molecule has 1 heterocycles. The maximum atomic E-state index is 12.2. The van der Waals surface area contributed by atoms with Crippen LogP contribution in [0.1, 0.15) is 23.3 Å². The molecular weight excluding hydrogens is 224 g/mol. The summed E-state index contributed by atoms with van der Waals surface area (Å²) in [7, 11) is 0. The summed E-state index contributed by atoms with van der Waals surface area (Å²) < 4.78 is 5.26. The van der Waals surface area contributed by atoms with Gasteiger partial charge in [-0.2, -0.15) is 0 Å². The maximum Gasteiger partial charge on any atom is 0.137 e. The molecule has 0 saturated carbocycles. The number of ketones is 1. The highest BCUT2D eigenvalue weighted by Crippen LogP contribution is 2.28. The molecule has 0 aliphatic heterocycles. The van der Waals surface area contributed by atoms with Crippen molar-refractivity contribution in [1.82, 2.24) is 0 Å². The average molecular weight is 240 g/mol. The van der Waals surface area contributed by atoms with Gasteiger partial charge in [0.25, 0.3) is 0 Å². The highest BCUT2D eigenvalue weighted by atomic mass is 16.3. The van der Waals surface area contributed by atoms with E-state index in [1.807, 2.05) is 12.1 Å². The number of aryl methyl sites for hydroxylation is 1. The molecule has 0 unspecified atom stereocenters. The Balaban J connectivity index is 1.59. The van der Waals surface area contributed by atoms with Crippen LogP contribution in [0.3, 0.4) is 0 Å². The minimum absolute atomic E-state index is 0.178. The number of rotatable bonds is 4. The summed E-state index contributed by atoms with van der Waals surface area (Å²) in [4.78, 5) is 12.2. The molecule has 2 nitrogen and oxygen atoms in total. The summed E-state index contributed by atoms with van der Waals surface area (Å²) in [6.07, 6.45) is 4.79. The molecule has 0 atom stereocenters. The Labute approximate surface area is 107 Å². The van der Waals surface area contributed by atoms with Crippen LogP contribution in [-0.4, -0.2) is 5.78 Å². The van der Waals surface area contributed by atoms with Gasteiger partial charge in [-0.15, -0.1) is 0 Å². The minimum Gasteiger partial charge on any atom is -0.469 e. The number of hydrogen-bond acceptors (Lipinski definition) is 2. The normalized spacial score (nSPS) is 14.7. The van der Waals surface area contributed by atoms with Crippen LogP contribution in [-0.2, 0) is 24.1 Å². The van der Waals surface area contributed by atoms with Crippen LogP contribution in [0.4, 0.5) is 0 Å². The Morgan fingerprint density at radius 3 is 2.44 bits per heavy atom. The fraction of sp³-hybridized carbons (Fsp3) is 0.312. The summed E-state index contributed by atoms with van der Waals surface area (Å²) in [5.74, 6) is 1.44. The maximum absolute atomic E-state index is 12.2. The lowest BCUT2D eigenvalue weighted by Crippen LogP contribution is -2.15. The number of carbonyl (C=O) groups is 1. The van der Waals surface area contributed by atoms with Gasteiger partial charge in [0, 0.05) is 18.8 Å². The van der Waals surface area contributed by atoms with Gasteiger partial charge in [-0.1, -0.05) is 24.3 Å². The van der Waals surface area contributed by atoms with Crippen LogP contribution in [0.25, 0.3) is 0 Å². The largest absolute Gasteiger partial charge is 0.469 e. The topological polar surface area (TPSA) is 30.2 Å². The molecule has 0 bridgehead atoms. The zero-order valence-corrected chi connectivity index (χ0v) is 10.3. The highest BCUT2D eigenvalue weighted by Gasteiger charge is 2.26. The van der Waals surface area contributed by atoms with E-state index in [-0.39, 0.29) is 5.92 Å². The third-order valence-electron chi connectivity index (χ3n) is 3.70. The second-order valence-electron chi connectivity index (χ2n) is 4.92. The van der Waals surface area contributed by atoms with Gasteiger partial charge < -0.3 is 4.42 Å². The fourth-order valence-electron chi connectivity index (χ4n) is 2.69. The average Bonchev–Trinajstić information content (AvgIpc) is 3.04. The van der Waals surface area contributed by atoms with Crippen molar-refractivity contribution >= 4 is 5.78 Å². The Morgan fingerprint density at radius 1 is 1.11 bits per heavy atom. The van der Waals surface area contributed by atoms with Crippen molar-refractivity contribution in [2.45, 2.75) is 25.7 Å². The third kappa shape index (κ3) is 2.23. The fourth-order valence-corrected chi connectivity index (χ4v) is 2.69. The molecule has 0 spiro atoms. The van der Waals surface area contributed by atoms with Crippen LogP contribution in [0.15, 0.2) is 47.1 Å². The second-order valence-corrected chi connectivity index (χ2v) is 4.92. The van der Waals surface area contributed by atoms with Crippen LogP contribution in [0.2, 0.25) is 0 Å². The van der Waals surface area contributed by atoms with Crippen molar-refractivity contribution < 1.29 is 9.21 Å². The van der Waals surface area contributed by atoms with E-state index in [1.54, 1.807) is 6.26 Å². The molecule has 1 aliphatic rings. The van der Waals surface area contributed by atoms with Crippen molar-refractivity contribution in [2.75, 3.05) is 0 Å². The predicted molar refractivity (Wildman–Crippen MR) is 69.4 cm³/mol. The van der Waals surface area contributed by atoms with Gasteiger partial charge in [-0.25, -0.2) is 0 Å². The third-order valence-corrected chi connectivity index (χ3v) is 3.70. The molecule has 0 amide bonds. The molecule has 2 aromatic rings. The zero-order valence-electron chi connectivity index (χ0n) is 10.3. The first-order chi connectivity index (χ1) is 8.83. The van der Waals surface area contributed by atoms with Crippen LogP contribution < -0.4 is 0 Å². The van der Waals surface area contributed by atoms with Gasteiger partial charge in [-0.3, -0.25) is 4.79 Å². The number of fused-ring (bicyclic) bond motifs is 1. The van der Waals surface area contributed by atoms with E-state index < -0.39 is 0 Å². The number of Topliss-reactive ketones (excluding diaryl/α,β-unsaturated/α-hetero) is 1. The number of benzene rings is 1. The van der Waals surface area contributed by atoms with E-state index in [9.17, 15) is 4.79 Å². The SMILES string of the molecule is O=C(CCc1ccco1)C1Cc2ccccc2C1. The van der Waals surface area contributed by atoms with Crippen molar-refractivity contribution in [1.29, 1.82) is 0 Å². The Kier molecular flexibility index (Phi) is 3.01. The van der Waals surface area contributed by atoms with Gasteiger partial charge in [-0.05, 0) is 36.1 Å². The summed E-state index contributed by atoms with van der Waals surface area (Å²) in [5.41, 5.74) is 2.68. The van der Waals surface area contributed by atoms with E-state index in [0.717, 1.165) is 25.0 Å². The summed E-state index contributed by atoms with van der Waals surface area (Å²) in [6.45, 7) is 0. The lowest BCUT2D eigenvalue weighted by atomic mass is 9.97. The van der Waals surface area contributed by atoms with Gasteiger partial charge in [0.2, 0.25) is 0 Å². The first-order valence-electron chi connectivity index (χ1n) is 6.45.